The predicted octanol–water partition coefficient (Wildman–Crippen LogP) is 3.78. The molecular formula is C26H31N5O4. The predicted molar refractivity (Wildman–Crippen MR) is 131 cm³/mol. The Kier molecular flexibility index (Phi) is 7.97. The molecule has 0 saturated carbocycles. The van der Waals surface area contributed by atoms with Crippen molar-refractivity contribution in [3.05, 3.63) is 66.7 Å². The number of benzene rings is 2. The molecule has 2 atom stereocenters. The van der Waals surface area contributed by atoms with Crippen molar-refractivity contribution in [1.82, 2.24) is 19.7 Å². The number of carbonyl (C=O) groups excluding carboxylic acids is 2. The minimum atomic E-state index is -0.247. The summed E-state index contributed by atoms with van der Waals surface area (Å²) in [6, 6.07) is 14.5. The first-order valence-corrected chi connectivity index (χ1v) is 11.9. The van der Waals surface area contributed by atoms with Crippen LogP contribution < -0.4 is 14.8 Å². The largest absolute Gasteiger partial charge is 0.492 e. The van der Waals surface area contributed by atoms with Gasteiger partial charge in [-0.05, 0) is 69.5 Å². The lowest BCUT2D eigenvalue weighted by Crippen LogP contribution is -2.49. The van der Waals surface area contributed by atoms with Crippen molar-refractivity contribution in [2.75, 3.05) is 18.5 Å². The topological polar surface area (TPSA) is 98.6 Å². The minimum absolute atomic E-state index is 0.00471. The van der Waals surface area contributed by atoms with Crippen molar-refractivity contribution in [1.29, 1.82) is 0 Å². The van der Waals surface area contributed by atoms with Crippen molar-refractivity contribution in [2.24, 2.45) is 0 Å². The van der Waals surface area contributed by atoms with E-state index in [2.05, 4.69) is 29.2 Å². The highest BCUT2D eigenvalue weighted by molar-refractivity contribution is 6.04. The second-order valence-electron chi connectivity index (χ2n) is 8.73. The first-order chi connectivity index (χ1) is 17.0. The Labute approximate surface area is 205 Å². The first-order valence-electron chi connectivity index (χ1n) is 11.9. The van der Waals surface area contributed by atoms with E-state index in [1.165, 1.54) is 6.33 Å². The van der Waals surface area contributed by atoms with Crippen LogP contribution in [0.5, 0.6) is 11.5 Å². The summed E-state index contributed by atoms with van der Waals surface area (Å²) in [5.74, 6) is 0.946. The molecule has 9 nitrogen and oxygen atoms in total. The standard InChI is InChI=1S/C26H31N5O4/c1-19-5-3-6-20(2)31(19)25(32)16-35-23-11-9-21(10-12-23)26(33)29-22-7-4-8-24(15-22)34-14-13-30-18-27-17-28-30/h4,7-12,15,17-20H,3,5-6,13-14,16H2,1-2H3,(H,29,33). The third-order valence-electron chi connectivity index (χ3n) is 6.11. The van der Waals surface area contributed by atoms with Gasteiger partial charge in [0.1, 0.15) is 30.8 Å². The molecule has 35 heavy (non-hydrogen) atoms. The third-order valence-corrected chi connectivity index (χ3v) is 6.11. The highest BCUT2D eigenvalue weighted by Gasteiger charge is 2.28. The molecule has 0 spiro atoms. The van der Waals surface area contributed by atoms with Gasteiger partial charge in [0.15, 0.2) is 6.61 Å². The molecule has 2 heterocycles. The molecule has 4 rings (SSSR count). The smallest absolute Gasteiger partial charge is 0.260 e. The van der Waals surface area contributed by atoms with Crippen LogP contribution in [0.15, 0.2) is 61.2 Å². The van der Waals surface area contributed by atoms with Gasteiger partial charge < -0.3 is 19.7 Å². The number of nitrogens with one attached hydrogen (secondary N) is 1. The van der Waals surface area contributed by atoms with E-state index in [9.17, 15) is 9.59 Å². The van der Waals surface area contributed by atoms with Crippen LogP contribution in [0, 0.1) is 0 Å². The van der Waals surface area contributed by atoms with Crippen LogP contribution in [0.2, 0.25) is 0 Å². The van der Waals surface area contributed by atoms with Gasteiger partial charge in [0, 0.05) is 29.4 Å². The molecule has 0 radical (unpaired) electrons. The Bertz CT molecular complexity index is 1110. The molecule has 1 fully saturated rings. The summed E-state index contributed by atoms with van der Waals surface area (Å²) < 4.78 is 13.1. The molecule has 0 bridgehead atoms. The lowest BCUT2D eigenvalue weighted by atomic mass is 9.97. The second-order valence-corrected chi connectivity index (χ2v) is 8.73. The van der Waals surface area contributed by atoms with E-state index in [1.807, 2.05) is 17.0 Å². The fourth-order valence-electron chi connectivity index (χ4n) is 4.31. The Balaban J connectivity index is 1.26. The number of piperidine rings is 1. The number of hydrogen-bond donors (Lipinski definition) is 1. The molecule has 1 aliphatic heterocycles. The number of hydrogen-bond acceptors (Lipinski definition) is 6. The average molecular weight is 478 g/mol. The summed E-state index contributed by atoms with van der Waals surface area (Å²) in [4.78, 5) is 31.1. The maximum Gasteiger partial charge on any atom is 0.260 e. The molecule has 184 valence electrons. The number of rotatable bonds is 9. The molecule has 2 aromatic carbocycles. The van der Waals surface area contributed by atoms with Crippen molar-refractivity contribution in [2.45, 2.75) is 51.7 Å². The van der Waals surface area contributed by atoms with E-state index in [0.717, 1.165) is 19.3 Å². The van der Waals surface area contributed by atoms with Crippen LogP contribution in [-0.4, -0.2) is 56.8 Å². The molecule has 1 aromatic heterocycles. The lowest BCUT2D eigenvalue weighted by Gasteiger charge is -2.38. The van der Waals surface area contributed by atoms with Gasteiger partial charge in [-0.1, -0.05) is 6.07 Å². The van der Waals surface area contributed by atoms with Crippen LogP contribution in [0.3, 0.4) is 0 Å². The van der Waals surface area contributed by atoms with Crippen molar-refractivity contribution in [3.8, 4) is 11.5 Å². The van der Waals surface area contributed by atoms with E-state index in [0.29, 0.717) is 35.9 Å². The molecular weight excluding hydrogens is 446 g/mol. The Morgan fingerprint density at radius 2 is 1.80 bits per heavy atom. The van der Waals surface area contributed by atoms with Crippen LogP contribution in [0.1, 0.15) is 43.5 Å². The van der Waals surface area contributed by atoms with E-state index in [-0.39, 0.29) is 30.5 Å². The van der Waals surface area contributed by atoms with Crippen molar-refractivity contribution < 1.29 is 19.1 Å². The van der Waals surface area contributed by atoms with Gasteiger partial charge in [-0.15, -0.1) is 0 Å². The Morgan fingerprint density at radius 3 is 2.51 bits per heavy atom. The van der Waals surface area contributed by atoms with Gasteiger partial charge in [-0.25, -0.2) is 9.67 Å². The fraction of sp³-hybridized carbons (Fsp3) is 0.385. The highest BCUT2D eigenvalue weighted by Crippen LogP contribution is 2.23. The third kappa shape index (κ3) is 6.59. The molecule has 2 unspecified atom stereocenters. The minimum Gasteiger partial charge on any atom is -0.492 e. The van der Waals surface area contributed by atoms with Crippen LogP contribution in [0.25, 0.3) is 0 Å². The molecule has 2 amide bonds. The highest BCUT2D eigenvalue weighted by atomic mass is 16.5. The summed E-state index contributed by atoms with van der Waals surface area (Å²) in [6.45, 7) is 5.17. The van der Waals surface area contributed by atoms with E-state index >= 15 is 0 Å². The van der Waals surface area contributed by atoms with E-state index in [1.54, 1.807) is 47.4 Å². The molecule has 0 aliphatic carbocycles. The molecule has 1 aliphatic rings. The maximum atomic E-state index is 12.7. The number of carbonyl (C=O) groups is 2. The van der Waals surface area contributed by atoms with Crippen molar-refractivity contribution >= 4 is 17.5 Å². The van der Waals surface area contributed by atoms with Gasteiger partial charge in [-0.2, -0.15) is 5.10 Å². The monoisotopic (exact) mass is 477 g/mol. The van der Waals surface area contributed by atoms with E-state index < -0.39 is 0 Å². The first kappa shape index (κ1) is 24.3. The zero-order valence-electron chi connectivity index (χ0n) is 20.1. The normalized spacial score (nSPS) is 17.6. The molecule has 3 aromatic rings. The van der Waals surface area contributed by atoms with Gasteiger partial charge in [0.2, 0.25) is 0 Å². The average Bonchev–Trinajstić information content (AvgIpc) is 3.37. The number of likely N-dealkylation sites (tertiary alicyclic amines) is 1. The summed E-state index contributed by atoms with van der Waals surface area (Å²) in [5, 5.41) is 6.91. The maximum absolute atomic E-state index is 12.7. The molecule has 1 saturated heterocycles. The number of ether oxygens (including phenoxy) is 2. The van der Waals surface area contributed by atoms with E-state index in [4.69, 9.17) is 9.47 Å². The Morgan fingerprint density at radius 1 is 1.03 bits per heavy atom. The van der Waals surface area contributed by atoms with Gasteiger partial charge in [-0.3, -0.25) is 9.59 Å². The SMILES string of the molecule is CC1CCCC(C)N1C(=O)COc1ccc(C(=O)Nc2cccc(OCCn3cncn3)c2)cc1. The van der Waals surface area contributed by atoms with Gasteiger partial charge in [0.25, 0.3) is 11.8 Å². The quantitative estimate of drug-likeness (QED) is 0.504. The van der Waals surface area contributed by atoms with Crippen LogP contribution in [-0.2, 0) is 11.3 Å². The van der Waals surface area contributed by atoms with Crippen LogP contribution in [0.4, 0.5) is 5.69 Å². The number of amides is 2. The van der Waals surface area contributed by atoms with Gasteiger partial charge in [0.05, 0.1) is 6.54 Å². The molecule has 9 heteroatoms. The van der Waals surface area contributed by atoms with Crippen molar-refractivity contribution in [3.63, 3.8) is 0 Å². The summed E-state index contributed by atoms with van der Waals surface area (Å²) in [5.41, 5.74) is 1.11. The number of aromatic nitrogens is 3. The number of anilines is 1. The lowest BCUT2D eigenvalue weighted by molar-refractivity contribution is -0.139. The van der Waals surface area contributed by atoms with Gasteiger partial charge >= 0.3 is 0 Å². The zero-order chi connectivity index (χ0) is 24.6. The summed E-state index contributed by atoms with van der Waals surface area (Å²) >= 11 is 0. The second kappa shape index (κ2) is 11.5. The molecule has 1 N–H and O–H groups in total. The number of nitrogens with zero attached hydrogens (tertiary/aromatic N) is 4. The summed E-state index contributed by atoms with van der Waals surface area (Å²) in [6.07, 6.45) is 6.31. The summed E-state index contributed by atoms with van der Waals surface area (Å²) in [7, 11) is 0. The zero-order valence-corrected chi connectivity index (χ0v) is 20.1. The fourth-order valence-corrected chi connectivity index (χ4v) is 4.31. The van der Waals surface area contributed by atoms with Crippen LogP contribution >= 0.6 is 0 Å². The Hall–Kier alpha value is -3.88.